The number of benzene rings is 2. The summed E-state index contributed by atoms with van der Waals surface area (Å²) < 4.78 is 5.64. The zero-order chi connectivity index (χ0) is 19.1. The van der Waals surface area contributed by atoms with Gasteiger partial charge in [0, 0.05) is 24.5 Å². The van der Waals surface area contributed by atoms with E-state index in [0.717, 1.165) is 16.7 Å². The first-order valence-corrected chi connectivity index (χ1v) is 8.88. The molecule has 0 saturated heterocycles. The molecule has 0 radical (unpaired) electrons. The minimum Gasteiger partial charge on any atom is -0.492 e. The van der Waals surface area contributed by atoms with Crippen molar-refractivity contribution in [3.8, 4) is 5.75 Å². The predicted octanol–water partition coefficient (Wildman–Crippen LogP) is 3.25. The summed E-state index contributed by atoms with van der Waals surface area (Å²) in [7, 11) is 0. The summed E-state index contributed by atoms with van der Waals surface area (Å²) >= 11 is 0. The minimum atomic E-state index is -0.267. The third-order valence-electron chi connectivity index (χ3n) is 4.27. The van der Waals surface area contributed by atoms with E-state index in [9.17, 15) is 4.79 Å². The van der Waals surface area contributed by atoms with Gasteiger partial charge in [0.25, 0.3) is 5.91 Å². The fraction of sp³-hybridized carbons (Fsp3) is 0.182. The van der Waals surface area contributed by atoms with Gasteiger partial charge in [-0.05, 0) is 47.9 Å². The van der Waals surface area contributed by atoms with Gasteiger partial charge in [-0.15, -0.1) is 0 Å². The zero-order valence-electron chi connectivity index (χ0n) is 15.3. The summed E-state index contributed by atoms with van der Waals surface area (Å²) in [6.07, 6.45) is 3.45. The highest BCUT2D eigenvalue weighted by Crippen LogP contribution is 2.24. The molecule has 1 aromatic heterocycles. The van der Waals surface area contributed by atoms with E-state index in [1.807, 2.05) is 55.5 Å². The number of carbonyl (C=O) groups is 1. The normalized spacial score (nSPS) is 11.6. The monoisotopic (exact) mass is 361 g/mol. The number of nitrogens with one attached hydrogen (secondary N) is 1. The van der Waals surface area contributed by atoms with Gasteiger partial charge in [-0.2, -0.15) is 0 Å². The fourth-order valence-corrected chi connectivity index (χ4v) is 2.84. The SMILES string of the molecule is Cc1ccc(C(=O)N[C@H](c2ccccc2)c2ccncc2)cc1OCCN. The van der Waals surface area contributed by atoms with Crippen LogP contribution in [0.1, 0.15) is 33.1 Å². The molecule has 138 valence electrons. The molecule has 27 heavy (non-hydrogen) atoms. The lowest BCUT2D eigenvalue weighted by Gasteiger charge is -2.20. The van der Waals surface area contributed by atoms with Crippen LogP contribution in [0.2, 0.25) is 0 Å². The molecule has 5 nitrogen and oxygen atoms in total. The molecule has 0 saturated carbocycles. The molecule has 0 aliphatic rings. The highest BCUT2D eigenvalue weighted by Gasteiger charge is 2.18. The van der Waals surface area contributed by atoms with Crippen molar-refractivity contribution in [2.24, 2.45) is 5.73 Å². The van der Waals surface area contributed by atoms with E-state index < -0.39 is 0 Å². The van der Waals surface area contributed by atoms with E-state index in [4.69, 9.17) is 10.5 Å². The van der Waals surface area contributed by atoms with E-state index in [-0.39, 0.29) is 11.9 Å². The van der Waals surface area contributed by atoms with Crippen LogP contribution >= 0.6 is 0 Å². The van der Waals surface area contributed by atoms with Crippen molar-refractivity contribution in [1.29, 1.82) is 0 Å². The van der Waals surface area contributed by atoms with Crippen LogP contribution in [-0.4, -0.2) is 24.0 Å². The molecule has 1 atom stereocenters. The van der Waals surface area contributed by atoms with E-state index in [1.165, 1.54) is 0 Å². The Labute approximate surface area is 159 Å². The molecule has 2 aromatic carbocycles. The Morgan fingerprint density at radius 3 is 2.48 bits per heavy atom. The molecule has 0 unspecified atom stereocenters. The van der Waals surface area contributed by atoms with Crippen LogP contribution in [0.5, 0.6) is 5.75 Å². The number of aryl methyl sites for hydroxylation is 1. The predicted molar refractivity (Wildman–Crippen MR) is 106 cm³/mol. The Bertz CT molecular complexity index is 843. The average molecular weight is 361 g/mol. The number of nitrogens with zero attached hydrogens (tertiary/aromatic N) is 1. The Balaban J connectivity index is 1.87. The Morgan fingerprint density at radius 2 is 1.78 bits per heavy atom. The van der Waals surface area contributed by atoms with Crippen molar-refractivity contribution < 1.29 is 9.53 Å². The lowest BCUT2D eigenvalue weighted by molar-refractivity contribution is 0.0942. The number of hydrogen-bond donors (Lipinski definition) is 2. The minimum absolute atomic E-state index is 0.168. The van der Waals surface area contributed by atoms with Crippen LogP contribution in [0.4, 0.5) is 0 Å². The number of ether oxygens (including phenoxy) is 1. The molecule has 0 aliphatic carbocycles. The molecular formula is C22H23N3O2. The van der Waals surface area contributed by atoms with Crippen LogP contribution in [-0.2, 0) is 0 Å². The van der Waals surface area contributed by atoms with E-state index >= 15 is 0 Å². The summed E-state index contributed by atoms with van der Waals surface area (Å²) in [6, 6.07) is 18.8. The molecule has 5 heteroatoms. The standard InChI is InChI=1S/C22H23N3O2/c1-16-7-8-19(15-20(16)27-14-11-23)22(26)25-21(17-5-3-2-4-6-17)18-9-12-24-13-10-18/h2-10,12-13,15,21H,11,14,23H2,1H3,(H,25,26)/t21-/m1/s1. The van der Waals surface area contributed by atoms with Crippen LogP contribution in [0.15, 0.2) is 73.1 Å². The second kappa shape index (κ2) is 8.96. The maximum Gasteiger partial charge on any atom is 0.252 e. The van der Waals surface area contributed by atoms with Crippen LogP contribution in [0, 0.1) is 6.92 Å². The van der Waals surface area contributed by atoms with Crippen LogP contribution in [0.3, 0.4) is 0 Å². The van der Waals surface area contributed by atoms with Gasteiger partial charge >= 0.3 is 0 Å². The summed E-state index contributed by atoms with van der Waals surface area (Å²) in [5.74, 6) is 0.506. The number of carbonyl (C=O) groups excluding carboxylic acids is 1. The first-order valence-electron chi connectivity index (χ1n) is 8.88. The third-order valence-corrected chi connectivity index (χ3v) is 4.27. The van der Waals surface area contributed by atoms with Crippen LogP contribution in [0.25, 0.3) is 0 Å². The van der Waals surface area contributed by atoms with Gasteiger partial charge in [0.05, 0.1) is 6.04 Å². The number of nitrogens with two attached hydrogens (primary N) is 1. The van der Waals surface area contributed by atoms with Gasteiger partial charge in [0.1, 0.15) is 12.4 Å². The maximum atomic E-state index is 12.9. The molecule has 1 amide bonds. The largest absolute Gasteiger partial charge is 0.492 e. The summed E-state index contributed by atoms with van der Waals surface area (Å²) in [6.45, 7) is 2.78. The van der Waals surface area contributed by atoms with Gasteiger partial charge in [-0.3, -0.25) is 9.78 Å². The summed E-state index contributed by atoms with van der Waals surface area (Å²) in [5.41, 5.74) is 8.99. The van der Waals surface area contributed by atoms with Gasteiger partial charge in [0.2, 0.25) is 0 Å². The third kappa shape index (κ3) is 4.71. The molecule has 0 fully saturated rings. The summed E-state index contributed by atoms with van der Waals surface area (Å²) in [4.78, 5) is 17.0. The molecule has 3 N–H and O–H groups in total. The molecule has 1 heterocycles. The fourth-order valence-electron chi connectivity index (χ4n) is 2.84. The lowest BCUT2D eigenvalue weighted by atomic mass is 9.99. The highest BCUT2D eigenvalue weighted by molar-refractivity contribution is 5.95. The number of rotatable bonds is 7. The van der Waals surface area contributed by atoms with Crippen molar-refractivity contribution in [2.45, 2.75) is 13.0 Å². The molecule has 0 bridgehead atoms. The summed E-state index contributed by atoms with van der Waals surface area (Å²) in [5, 5.41) is 3.12. The van der Waals surface area contributed by atoms with E-state index in [2.05, 4.69) is 10.3 Å². The molecular weight excluding hydrogens is 338 g/mol. The number of amides is 1. The van der Waals surface area contributed by atoms with Crippen molar-refractivity contribution >= 4 is 5.91 Å². The van der Waals surface area contributed by atoms with Crippen molar-refractivity contribution in [3.05, 3.63) is 95.3 Å². The number of pyridine rings is 1. The van der Waals surface area contributed by atoms with E-state index in [1.54, 1.807) is 24.5 Å². The highest BCUT2D eigenvalue weighted by atomic mass is 16.5. The van der Waals surface area contributed by atoms with E-state index in [0.29, 0.717) is 24.5 Å². The second-order valence-electron chi connectivity index (χ2n) is 6.22. The number of hydrogen-bond acceptors (Lipinski definition) is 4. The van der Waals surface area contributed by atoms with Crippen molar-refractivity contribution in [1.82, 2.24) is 10.3 Å². The van der Waals surface area contributed by atoms with Gasteiger partial charge in [-0.25, -0.2) is 0 Å². The lowest BCUT2D eigenvalue weighted by Crippen LogP contribution is -2.29. The van der Waals surface area contributed by atoms with Gasteiger partial charge in [0.15, 0.2) is 0 Å². The molecule has 0 spiro atoms. The van der Waals surface area contributed by atoms with Crippen LogP contribution < -0.4 is 15.8 Å². The first-order chi connectivity index (χ1) is 13.2. The zero-order valence-corrected chi connectivity index (χ0v) is 15.3. The smallest absolute Gasteiger partial charge is 0.252 e. The quantitative estimate of drug-likeness (QED) is 0.677. The molecule has 0 aliphatic heterocycles. The Kier molecular flexibility index (Phi) is 6.18. The molecule has 3 rings (SSSR count). The topological polar surface area (TPSA) is 77.2 Å². The van der Waals surface area contributed by atoms with Crippen molar-refractivity contribution in [2.75, 3.05) is 13.2 Å². The average Bonchev–Trinajstić information content (AvgIpc) is 2.72. The maximum absolute atomic E-state index is 12.9. The van der Waals surface area contributed by atoms with Gasteiger partial charge < -0.3 is 15.8 Å². The van der Waals surface area contributed by atoms with Gasteiger partial charge in [-0.1, -0.05) is 36.4 Å². The number of aromatic nitrogens is 1. The second-order valence-corrected chi connectivity index (χ2v) is 6.22. The Morgan fingerprint density at radius 1 is 1.07 bits per heavy atom. The van der Waals surface area contributed by atoms with Crippen molar-refractivity contribution in [3.63, 3.8) is 0 Å². The molecule has 3 aromatic rings. The Hall–Kier alpha value is -3.18. The first kappa shape index (κ1) is 18.6.